The van der Waals surface area contributed by atoms with Gasteiger partial charge in [0.1, 0.15) is 16.7 Å². The smallest absolute Gasteiger partial charge is 0.302 e. The van der Waals surface area contributed by atoms with Crippen LogP contribution in [0.15, 0.2) is 41.3 Å². The SMILES string of the molecule is CC(=O)O[C@H]1CC[C@]2(S(=O)(=O)c3ccc(Cl)cc3)c3c(F)ccc(F)c3OCC2C1. The normalized spacial score (nSPS) is 25.6. The largest absolute Gasteiger partial charge is 0.490 e. The number of ether oxygens (including phenoxy) is 2. The number of carbonyl (C=O) groups is 1. The first kappa shape index (κ1) is 21.1. The number of hydrogen-bond acceptors (Lipinski definition) is 5. The molecule has 5 nitrogen and oxygen atoms in total. The highest BCUT2D eigenvalue weighted by Crippen LogP contribution is 2.56. The molecule has 3 atom stereocenters. The summed E-state index contributed by atoms with van der Waals surface area (Å²) in [5.74, 6) is -3.27. The van der Waals surface area contributed by atoms with E-state index in [4.69, 9.17) is 21.1 Å². The van der Waals surface area contributed by atoms with E-state index in [9.17, 15) is 17.6 Å². The van der Waals surface area contributed by atoms with Gasteiger partial charge in [0.15, 0.2) is 21.4 Å². The molecule has 0 aromatic heterocycles. The number of carbonyl (C=O) groups excluding carboxylic acids is 1. The lowest BCUT2D eigenvalue weighted by Crippen LogP contribution is -2.53. The van der Waals surface area contributed by atoms with Crippen LogP contribution in [0.25, 0.3) is 0 Å². The molecule has 2 aromatic rings. The molecule has 4 rings (SSSR count). The van der Waals surface area contributed by atoms with Crippen LogP contribution in [0.5, 0.6) is 5.75 Å². The summed E-state index contributed by atoms with van der Waals surface area (Å²) in [6, 6.07) is 7.42. The molecule has 0 radical (unpaired) electrons. The molecule has 2 aromatic carbocycles. The van der Waals surface area contributed by atoms with E-state index in [2.05, 4.69) is 0 Å². The van der Waals surface area contributed by atoms with Gasteiger partial charge in [-0.2, -0.15) is 0 Å². The Morgan fingerprint density at radius 3 is 2.50 bits per heavy atom. The molecule has 0 saturated heterocycles. The molecule has 1 saturated carbocycles. The molecule has 2 aliphatic rings. The van der Waals surface area contributed by atoms with Gasteiger partial charge in [0.05, 0.1) is 17.1 Å². The first-order chi connectivity index (χ1) is 14.2. The number of fused-ring (bicyclic) bond motifs is 3. The maximum Gasteiger partial charge on any atom is 0.302 e. The Kier molecular flexibility index (Phi) is 5.26. The van der Waals surface area contributed by atoms with Crippen molar-refractivity contribution in [3.8, 4) is 5.75 Å². The molecule has 30 heavy (non-hydrogen) atoms. The lowest BCUT2D eigenvalue weighted by Gasteiger charge is -2.48. The van der Waals surface area contributed by atoms with E-state index < -0.39 is 44.2 Å². The van der Waals surface area contributed by atoms with E-state index in [0.717, 1.165) is 12.1 Å². The molecule has 0 amide bonds. The number of rotatable bonds is 3. The van der Waals surface area contributed by atoms with Gasteiger partial charge < -0.3 is 9.47 Å². The summed E-state index contributed by atoms with van der Waals surface area (Å²) in [5, 5.41) is 0.353. The molecule has 1 aliphatic carbocycles. The third-order valence-corrected chi connectivity index (χ3v) is 8.74. The topological polar surface area (TPSA) is 69.7 Å². The quantitative estimate of drug-likeness (QED) is 0.640. The zero-order chi connectivity index (χ0) is 21.7. The van der Waals surface area contributed by atoms with Gasteiger partial charge in [-0.3, -0.25) is 4.79 Å². The van der Waals surface area contributed by atoms with Gasteiger partial charge in [-0.25, -0.2) is 17.2 Å². The van der Waals surface area contributed by atoms with Gasteiger partial charge in [-0.15, -0.1) is 0 Å². The van der Waals surface area contributed by atoms with Gasteiger partial charge in [0.2, 0.25) is 0 Å². The fourth-order valence-corrected chi connectivity index (χ4v) is 7.13. The van der Waals surface area contributed by atoms with Crippen molar-refractivity contribution in [3.05, 3.63) is 58.6 Å². The van der Waals surface area contributed by atoms with E-state index in [1.807, 2.05) is 0 Å². The summed E-state index contributed by atoms with van der Waals surface area (Å²) in [6.45, 7) is 1.13. The average molecular weight is 457 g/mol. The summed E-state index contributed by atoms with van der Waals surface area (Å²) in [5.41, 5.74) is -0.296. The minimum Gasteiger partial charge on any atom is -0.490 e. The number of halogens is 3. The Balaban J connectivity index is 1.93. The van der Waals surface area contributed by atoms with Crippen LogP contribution in [0, 0.1) is 17.6 Å². The molecule has 9 heteroatoms. The fourth-order valence-electron chi connectivity index (χ4n) is 4.64. The molecule has 1 fully saturated rings. The van der Waals surface area contributed by atoms with Crippen LogP contribution >= 0.6 is 11.6 Å². The molecule has 1 aliphatic heterocycles. The van der Waals surface area contributed by atoms with Crippen LogP contribution < -0.4 is 4.74 Å². The number of hydrogen-bond donors (Lipinski definition) is 0. The zero-order valence-electron chi connectivity index (χ0n) is 16.0. The Hall–Kier alpha value is -2.19. The van der Waals surface area contributed by atoms with Crippen LogP contribution in [0.4, 0.5) is 8.78 Å². The predicted molar refractivity (Wildman–Crippen MR) is 105 cm³/mol. The molecule has 0 bridgehead atoms. The predicted octanol–water partition coefficient (Wildman–Crippen LogP) is 4.41. The van der Waals surface area contributed by atoms with Gasteiger partial charge in [-0.05, 0) is 55.7 Å². The molecule has 0 N–H and O–H groups in total. The van der Waals surface area contributed by atoms with Crippen molar-refractivity contribution < 1.29 is 31.5 Å². The van der Waals surface area contributed by atoms with Crippen molar-refractivity contribution in [2.45, 2.75) is 41.9 Å². The average Bonchev–Trinajstić information content (AvgIpc) is 2.70. The molecule has 1 heterocycles. The second kappa shape index (κ2) is 7.50. The summed E-state index contributed by atoms with van der Waals surface area (Å²) < 4.78 is 66.4. The van der Waals surface area contributed by atoms with Crippen molar-refractivity contribution >= 4 is 27.4 Å². The van der Waals surface area contributed by atoms with E-state index >= 15 is 4.39 Å². The van der Waals surface area contributed by atoms with Crippen LogP contribution in [0.2, 0.25) is 5.02 Å². The fraction of sp³-hybridized carbons (Fsp3) is 0.381. The maximum atomic E-state index is 15.1. The number of sulfone groups is 1. The van der Waals surface area contributed by atoms with E-state index in [1.54, 1.807) is 0 Å². The second-order valence-electron chi connectivity index (χ2n) is 7.59. The van der Waals surface area contributed by atoms with Gasteiger partial charge in [-0.1, -0.05) is 11.6 Å². The van der Waals surface area contributed by atoms with Crippen LogP contribution in [0.1, 0.15) is 31.7 Å². The van der Waals surface area contributed by atoms with Gasteiger partial charge >= 0.3 is 5.97 Å². The third kappa shape index (κ3) is 3.17. The van der Waals surface area contributed by atoms with Gasteiger partial charge in [0.25, 0.3) is 0 Å². The zero-order valence-corrected chi connectivity index (χ0v) is 17.6. The van der Waals surface area contributed by atoms with Crippen LogP contribution in [0.3, 0.4) is 0 Å². The van der Waals surface area contributed by atoms with E-state index in [0.29, 0.717) is 5.02 Å². The minimum atomic E-state index is -4.19. The van der Waals surface area contributed by atoms with Crippen molar-refractivity contribution in [3.63, 3.8) is 0 Å². The lowest BCUT2D eigenvalue weighted by molar-refractivity contribution is -0.149. The Bertz CT molecular complexity index is 1100. The number of esters is 1. The molecule has 160 valence electrons. The van der Waals surface area contributed by atoms with Crippen molar-refractivity contribution in [2.75, 3.05) is 6.61 Å². The molecule has 1 unspecified atom stereocenters. The first-order valence-corrected chi connectivity index (χ1v) is 11.3. The Morgan fingerprint density at radius 1 is 1.17 bits per heavy atom. The molecule has 0 spiro atoms. The highest BCUT2D eigenvalue weighted by Gasteiger charge is 2.60. The molecular formula is C21H19ClF2O5S. The first-order valence-electron chi connectivity index (χ1n) is 9.45. The van der Waals surface area contributed by atoms with Gasteiger partial charge in [0, 0.05) is 17.9 Å². The summed E-state index contributed by atoms with van der Waals surface area (Å²) in [6.07, 6.45) is -0.222. The van der Waals surface area contributed by atoms with E-state index in [1.165, 1.54) is 31.2 Å². The van der Waals surface area contributed by atoms with E-state index in [-0.39, 0.29) is 42.1 Å². The third-order valence-electron chi connectivity index (χ3n) is 5.89. The van der Waals surface area contributed by atoms with Crippen molar-refractivity contribution in [1.82, 2.24) is 0 Å². The summed E-state index contributed by atoms with van der Waals surface area (Å²) in [4.78, 5) is 11.4. The van der Waals surface area contributed by atoms with Crippen LogP contribution in [-0.2, 0) is 24.1 Å². The Labute approximate surface area is 177 Å². The monoisotopic (exact) mass is 456 g/mol. The summed E-state index contributed by atoms with van der Waals surface area (Å²) >= 11 is 5.90. The standard InChI is InChI=1S/C21H19ClF2O5S/c1-12(25)29-15-8-9-21(30(26,27)16-4-2-14(22)3-5-16)13(10-15)11-28-20-18(24)7-6-17(23)19(20)21/h2-7,13,15H,8-11H2,1H3/t13?,15-,21+/m0/s1. The van der Waals surface area contributed by atoms with Crippen molar-refractivity contribution in [1.29, 1.82) is 0 Å². The summed E-state index contributed by atoms with van der Waals surface area (Å²) in [7, 11) is -4.19. The maximum absolute atomic E-state index is 15.1. The van der Waals surface area contributed by atoms with Crippen LogP contribution in [-0.4, -0.2) is 27.1 Å². The van der Waals surface area contributed by atoms with Crippen molar-refractivity contribution in [2.24, 2.45) is 5.92 Å². The second-order valence-corrected chi connectivity index (χ2v) is 10.2. The molecular weight excluding hydrogens is 438 g/mol. The lowest BCUT2D eigenvalue weighted by atomic mass is 9.72. The Morgan fingerprint density at radius 2 is 1.83 bits per heavy atom. The highest BCUT2D eigenvalue weighted by molar-refractivity contribution is 7.92. The highest BCUT2D eigenvalue weighted by atomic mass is 35.5. The number of benzene rings is 2. The minimum absolute atomic E-state index is 0.0423.